The van der Waals surface area contributed by atoms with Crippen molar-refractivity contribution in [2.45, 2.75) is 64.1 Å². The average Bonchev–Trinajstić information content (AvgIpc) is 3.21. The van der Waals surface area contributed by atoms with Gasteiger partial charge in [-0.25, -0.2) is 4.79 Å². The fourth-order valence-corrected chi connectivity index (χ4v) is 2.94. The van der Waals surface area contributed by atoms with E-state index in [1.165, 1.54) is 0 Å². The van der Waals surface area contributed by atoms with Crippen molar-refractivity contribution < 1.29 is 29.1 Å². The van der Waals surface area contributed by atoms with Crippen LogP contribution < -0.4 is 27.0 Å². The van der Waals surface area contributed by atoms with Crippen molar-refractivity contribution in [2.75, 3.05) is 13.1 Å². The lowest BCUT2D eigenvalue weighted by molar-refractivity contribution is -0.144. The monoisotopic (exact) mass is 413 g/mol. The molecule has 0 spiro atoms. The molecule has 0 radical (unpaired) electrons. The highest BCUT2D eigenvalue weighted by Gasteiger charge is 2.30. The standard InChI is InChI=1S/C18H31N5O6/c1-3-10(2)15(18(28)29)23-17(27)12(6-7-13(19)24)22-14(25)9-21-16(26)11-5-4-8-20-11/h10-12,15,20H,3-9H2,1-2H3,(H2,19,24)(H,21,26)(H,22,25)(H,23,27)(H,28,29). The van der Waals surface area contributed by atoms with Gasteiger partial charge in [0.25, 0.3) is 0 Å². The maximum absolute atomic E-state index is 12.5. The van der Waals surface area contributed by atoms with Gasteiger partial charge < -0.3 is 32.1 Å². The van der Waals surface area contributed by atoms with Crippen molar-refractivity contribution in [1.82, 2.24) is 21.3 Å². The quantitative estimate of drug-likeness (QED) is 0.219. The van der Waals surface area contributed by atoms with E-state index in [2.05, 4.69) is 21.3 Å². The van der Waals surface area contributed by atoms with E-state index in [9.17, 15) is 29.1 Å². The van der Waals surface area contributed by atoms with Crippen molar-refractivity contribution in [3.05, 3.63) is 0 Å². The summed E-state index contributed by atoms with van der Waals surface area (Å²) < 4.78 is 0. The minimum absolute atomic E-state index is 0.0854. The van der Waals surface area contributed by atoms with E-state index in [-0.39, 0.29) is 37.3 Å². The number of carbonyl (C=O) groups excluding carboxylic acids is 4. The van der Waals surface area contributed by atoms with Crippen LogP contribution in [0.5, 0.6) is 0 Å². The molecule has 0 saturated carbocycles. The summed E-state index contributed by atoms with van der Waals surface area (Å²) in [7, 11) is 0. The van der Waals surface area contributed by atoms with Gasteiger partial charge in [-0.3, -0.25) is 19.2 Å². The summed E-state index contributed by atoms with van der Waals surface area (Å²) in [6.07, 6.45) is 1.83. The Hall–Kier alpha value is -2.69. The fourth-order valence-electron chi connectivity index (χ4n) is 2.94. The molecule has 1 fully saturated rings. The number of nitrogens with two attached hydrogens (primary N) is 1. The predicted octanol–water partition coefficient (Wildman–Crippen LogP) is -1.78. The van der Waals surface area contributed by atoms with E-state index in [0.29, 0.717) is 12.8 Å². The Bertz CT molecular complexity index is 620. The van der Waals surface area contributed by atoms with Crippen LogP contribution in [0.3, 0.4) is 0 Å². The van der Waals surface area contributed by atoms with Gasteiger partial charge in [0, 0.05) is 6.42 Å². The van der Waals surface area contributed by atoms with Gasteiger partial charge >= 0.3 is 5.97 Å². The topological polar surface area (TPSA) is 180 Å². The minimum atomic E-state index is -1.19. The third-order valence-corrected chi connectivity index (χ3v) is 4.91. The maximum Gasteiger partial charge on any atom is 0.326 e. The first-order valence-corrected chi connectivity index (χ1v) is 9.77. The van der Waals surface area contributed by atoms with Gasteiger partial charge in [-0.05, 0) is 31.7 Å². The number of nitrogens with one attached hydrogen (secondary N) is 4. The number of primary amides is 1. The normalized spacial score (nSPS) is 18.9. The van der Waals surface area contributed by atoms with Crippen molar-refractivity contribution in [1.29, 1.82) is 0 Å². The number of hydrogen-bond acceptors (Lipinski definition) is 6. The first-order valence-electron chi connectivity index (χ1n) is 9.77. The summed E-state index contributed by atoms with van der Waals surface area (Å²) in [4.78, 5) is 59.2. The van der Waals surface area contributed by atoms with Crippen molar-refractivity contribution in [3.63, 3.8) is 0 Å². The number of amides is 4. The average molecular weight is 413 g/mol. The van der Waals surface area contributed by atoms with Crippen LogP contribution in [0.2, 0.25) is 0 Å². The summed E-state index contributed by atoms with van der Waals surface area (Å²) in [6.45, 7) is 3.87. The molecule has 1 aliphatic heterocycles. The zero-order valence-corrected chi connectivity index (χ0v) is 16.8. The van der Waals surface area contributed by atoms with E-state index in [0.717, 1.165) is 13.0 Å². The van der Waals surface area contributed by atoms with Gasteiger partial charge in [0.15, 0.2) is 0 Å². The smallest absolute Gasteiger partial charge is 0.326 e. The highest BCUT2D eigenvalue weighted by molar-refractivity contribution is 5.93. The van der Waals surface area contributed by atoms with Crippen LogP contribution in [-0.4, -0.2) is 65.9 Å². The van der Waals surface area contributed by atoms with Gasteiger partial charge in [0.2, 0.25) is 23.6 Å². The number of carboxylic acids is 1. The molecule has 29 heavy (non-hydrogen) atoms. The number of hydrogen-bond donors (Lipinski definition) is 6. The first-order chi connectivity index (χ1) is 13.6. The van der Waals surface area contributed by atoms with Crippen LogP contribution >= 0.6 is 0 Å². The van der Waals surface area contributed by atoms with Crippen molar-refractivity contribution in [2.24, 2.45) is 11.7 Å². The maximum atomic E-state index is 12.5. The van der Waals surface area contributed by atoms with Crippen LogP contribution in [0.1, 0.15) is 46.0 Å². The molecule has 1 aliphatic rings. The van der Waals surface area contributed by atoms with E-state index >= 15 is 0 Å². The van der Waals surface area contributed by atoms with Crippen LogP contribution in [-0.2, 0) is 24.0 Å². The Morgan fingerprint density at radius 2 is 1.90 bits per heavy atom. The zero-order valence-electron chi connectivity index (χ0n) is 16.8. The van der Waals surface area contributed by atoms with Crippen LogP contribution in [0, 0.1) is 5.92 Å². The predicted molar refractivity (Wildman–Crippen MR) is 103 cm³/mol. The molecule has 0 aliphatic carbocycles. The lowest BCUT2D eigenvalue weighted by atomic mass is 9.98. The number of aliphatic carboxylic acids is 1. The molecule has 4 unspecified atom stereocenters. The summed E-state index contributed by atoms with van der Waals surface area (Å²) >= 11 is 0. The first kappa shape index (κ1) is 24.3. The van der Waals surface area contributed by atoms with Crippen LogP contribution in [0.25, 0.3) is 0 Å². The zero-order chi connectivity index (χ0) is 22.0. The van der Waals surface area contributed by atoms with Crippen LogP contribution in [0.4, 0.5) is 0 Å². The second-order valence-electron chi connectivity index (χ2n) is 7.20. The minimum Gasteiger partial charge on any atom is -0.480 e. The molecule has 11 heteroatoms. The van der Waals surface area contributed by atoms with Gasteiger partial charge in [0.05, 0.1) is 12.6 Å². The lowest BCUT2D eigenvalue weighted by Crippen LogP contribution is -2.55. The molecule has 7 N–H and O–H groups in total. The summed E-state index contributed by atoms with van der Waals surface area (Å²) in [5.41, 5.74) is 5.12. The Morgan fingerprint density at radius 1 is 1.21 bits per heavy atom. The highest BCUT2D eigenvalue weighted by atomic mass is 16.4. The van der Waals surface area contributed by atoms with E-state index in [1.54, 1.807) is 13.8 Å². The Morgan fingerprint density at radius 3 is 2.41 bits per heavy atom. The molecule has 0 bridgehead atoms. The SMILES string of the molecule is CCC(C)C(NC(=O)C(CCC(N)=O)NC(=O)CNC(=O)C1CCCN1)C(=O)O. The third kappa shape index (κ3) is 8.46. The summed E-state index contributed by atoms with van der Waals surface area (Å²) in [5.74, 6) is -3.84. The van der Waals surface area contributed by atoms with E-state index in [4.69, 9.17) is 5.73 Å². The van der Waals surface area contributed by atoms with E-state index < -0.39 is 35.8 Å². The largest absolute Gasteiger partial charge is 0.480 e. The van der Waals surface area contributed by atoms with Crippen LogP contribution in [0.15, 0.2) is 0 Å². The summed E-state index contributed by atoms with van der Waals surface area (Å²) in [6, 6.07) is -2.63. The number of carboxylic acid groups (broad SMARTS) is 1. The van der Waals surface area contributed by atoms with Gasteiger partial charge in [-0.15, -0.1) is 0 Å². The lowest BCUT2D eigenvalue weighted by Gasteiger charge is -2.24. The molecular formula is C18H31N5O6. The van der Waals surface area contributed by atoms with Crippen molar-refractivity contribution >= 4 is 29.6 Å². The molecular weight excluding hydrogens is 382 g/mol. The fraction of sp³-hybridized carbons (Fsp3) is 0.722. The van der Waals surface area contributed by atoms with Gasteiger partial charge in [-0.2, -0.15) is 0 Å². The molecule has 1 saturated heterocycles. The molecule has 0 aromatic heterocycles. The Balaban J connectivity index is 2.68. The molecule has 1 rings (SSSR count). The molecule has 0 aromatic carbocycles. The number of carbonyl (C=O) groups is 5. The molecule has 164 valence electrons. The summed E-state index contributed by atoms with van der Waals surface area (Å²) in [5, 5.41) is 19.7. The van der Waals surface area contributed by atoms with Gasteiger partial charge in [-0.1, -0.05) is 20.3 Å². The second-order valence-corrected chi connectivity index (χ2v) is 7.20. The second kappa shape index (κ2) is 12.0. The molecule has 4 atom stereocenters. The number of rotatable bonds is 12. The molecule has 0 aromatic rings. The third-order valence-electron chi connectivity index (χ3n) is 4.91. The Labute approximate surface area is 169 Å². The van der Waals surface area contributed by atoms with Gasteiger partial charge in [0.1, 0.15) is 12.1 Å². The van der Waals surface area contributed by atoms with E-state index in [1.807, 2.05) is 0 Å². The molecule has 1 heterocycles. The highest BCUT2D eigenvalue weighted by Crippen LogP contribution is 2.09. The Kier molecular flexibility index (Phi) is 10.1. The molecule has 11 nitrogen and oxygen atoms in total. The van der Waals surface area contributed by atoms with Crippen molar-refractivity contribution in [3.8, 4) is 0 Å². The molecule has 4 amide bonds.